The van der Waals surface area contributed by atoms with Gasteiger partial charge in [-0.25, -0.2) is 19.3 Å². The topological polar surface area (TPSA) is 69.4 Å². The molecule has 0 amide bonds. The molecule has 0 saturated carbocycles. The number of aromatic nitrogens is 4. The van der Waals surface area contributed by atoms with Gasteiger partial charge in [0.05, 0.1) is 6.61 Å². The lowest BCUT2D eigenvalue weighted by atomic mass is 10.3. The van der Waals surface area contributed by atoms with E-state index in [0.29, 0.717) is 28.4 Å². The van der Waals surface area contributed by atoms with E-state index >= 15 is 0 Å². The van der Waals surface area contributed by atoms with Crippen LogP contribution in [0.2, 0.25) is 5.15 Å². The van der Waals surface area contributed by atoms with E-state index in [2.05, 4.69) is 15.1 Å². The van der Waals surface area contributed by atoms with Crippen molar-refractivity contribution >= 4 is 34.3 Å². The summed E-state index contributed by atoms with van der Waals surface area (Å²) in [4.78, 5) is 20.1. The Hall–Kier alpha value is -2.21. The third-order valence-electron chi connectivity index (χ3n) is 2.57. The molecule has 3 heterocycles. The number of nitrogens with zero attached hydrogens (tertiary/aromatic N) is 4. The Balaban J connectivity index is 2.23. The van der Waals surface area contributed by atoms with Gasteiger partial charge < -0.3 is 4.74 Å². The molecule has 0 fully saturated rings. The summed E-state index contributed by atoms with van der Waals surface area (Å²) in [5.41, 5.74) is 1.90. The Labute approximate surface area is 113 Å². The molecule has 0 N–H and O–H groups in total. The third kappa shape index (κ3) is 2.00. The lowest BCUT2D eigenvalue weighted by Gasteiger charge is -2.00. The van der Waals surface area contributed by atoms with Gasteiger partial charge in [-0.15, -0.1) is 0 Å². The zero-order valence-corrected chi connectivity index (χ0v) is 10.8. The number of fused-ring (bicyclic) bond motifs is 3. The first-order valence-corrected chi connectivity index (χ1v) is 6.05. The molecule has 3 aromatic heterocycles. The highest BCUT2D eigenvalue weighted by Crippen LogP contribution is 2.18. The van der Waals surface area contributed by atoms with Crippen LogP contribution >= 0.6 is 11.6 Å². The van der Waals surface area contributed by atoms with Crippen LogP contribution in [-0.4, -0.2) is 32.2 Å². The third-order valence-corrected chi connectivity index (χ3v) is 2.78. The van der Waals surface area contributed by atoms with Crippen LogP contribution in [0, 0.1) is 0 Å². The number of hydrogen-bond acceptors (Lipinski definition) is 5. The van der Waals surface area contributed by atoms with Crippen LogP contribution in [0.25, 0.3) is 16.7 Å². The normalized spacial score (nSPS) is 11.1. The Kier molecular flexibility index (Phi) is 2.79. The van der Waals surface area contributed by atoms with E-state index < -0.39 is 5.97 Å². The van der Waals surface area contributed by atoms with E-state index in [1.165, 1.54) is 0 Å². The molecule has 6 nitrogen and oxygen atoms in total. The van der Waals surface area contributed by atoms with Gasteiger partial charge in [-0.3, -0.25) is 0 Å². The summed E-state index contributed by atoms with van der Waals surface area (Å²) in [6, 6.07) is 4.91. The molecule has 0 aliphatic carbocycles. The van der Waals surface area contributed by atoms with Crippen molar-refractivity contribution in [1.29, 1.82) is 0 Å². The summed E-state index contributed by atoms with van der Waals surface area (Å²) in [6.45, 7) is 2.05. The van der Waals surface area contributed by atoms with Gasteiger partial charge in [-0.05, 0) is 25.1 Å². The monoisotopic (exact) mass is 276 g/mol. The fourth-order valence-electron chi connectivity index (χ4n) is 1.77. The number of carbonyl (C=O) groups is 1. The number of rotatable bonds is 2. The van der Waals surface area contributed by atoms with Crippen LogP contribution in [0.5, 0.6) is 0 Å². The Morgan fingerprint density at radius 2 is 2.21 bits per heavy atom. The summed E-state index contributed by atoms with van der Waals surface area (Å²) >= 11 is 5.86. The Morgan fingerprint density at radius 1 is 1.37 bits per heavy atom. The number of esters is 1. The highest BCUT2D eigenvalue weighted by molar-refractivity contribution is 6.29. The van der Waals surface area contributed by atoms with Gasteiger partial charge in [0.1, 0.15) is 21.9 Å². The van der Waals surface area contributed by atoms with Crippen molar-refractivity contribution in [3.05, 3.63) is 35.2 Å². The molecular weight excluding hydrogens is 268 g/mol. The quantitative estimate of drug-likeness (QED) is 0.530. The minimum absolute atomic E-state index is 0.228. The number of hydrogen-bond donors (Lipinski definition) is 0. The van der Waals surface area contributed by atoms with Crippen LogP contribution in [0.4, 0.5) is 0 Å². The average Bonchev–Trinajstić information content (AvgIpc) is 2.76. The van der Waals surface area contributed by atoms with E-state index in [4.69, 9.17) is 16.3 Å². The Morgan fingerprint density at radius 3 is 3.00 bits per heavy atom. The van der Waals surface area contributed by atoms with Crippen molar-refractivity contribution in [2.45, 2.75) is 6.92 Å². The summed E-state index contributed by atoms with van der Waals surface area (Å²) < 4.78 is 6.48. The average molecular weight is 277 g/mol. The van der Waals surface area contributed by atoms with E-state index in [-0.39, 0.29) is 5.69 Å². The summed E-state index contributed by atoms with van der Waals surface area (Å²) in [7, 11) is 0. The van der Waals surface area contributed by atoms with Crippen LogP contribution in [0.15, 0.2) is 24.4 Å². The Bertz CT molecular complexity index is 784. The van der Waals surface area contributed by atoms with Crippen molar-refractivity contribution in [1.82, 2.24) is 19.6 Å². The van der Waals surface area contributed by atoms with Gasteiger partial charge >= 0.3 is 5.97 Å². The molecule has 19 heavy (non-hydrogen) atoms. The molecule has 0 bridgehead atoms. The van der Waals surface area contributed by atoms with Gasteiger partial charge in [-0.1, -0.05) is 11.6 Å². The smallest absolute Gasteiger partial charge is 0.356 e. The van der Waals surface area contributed by atoms with E-state index in [0.717, 1.165) is 0 Å². The molecule has 0 aliphatic rings. The molecule has 0 atom stereocenters. The van der Waals surface area contributed by atoms with Crippen molar-refractivity contribution in [2.24, 2.45) is 0 Å². The van der Waals surface area contributed by atoms with E-state index in [1.807, 2.05) is 0 Å². The first kappa shape index (κ1) is 11.9. The van der Waals surface area contributed by atoms with E-state index in [1.54, 1.807) is 35.8 Å². The SMILES string of the molecule is CCOC(=O)c1ccc2nn3ccc(Cl)nc3c2n1. The van der Waals surface area contributed by atoms with Crippen LogP contribution in [0.3, 0.4) is 0 Å². The van der Waals surface area contributed by atoms with Crippen molar-refractivity contribution in [3.63, 3.8) is 0 Å². The standard InChI is InChI=1S/C12H9ClN4O2/c1-2-19-12(18)8-4-3-7-10(14-8)11-15-9(13)5-6-17(11)16-7/h3-6H,2H2,1H3. The fourth-order valence-corrected chi connectivity index (χ4v) is 1.90. The highest BCUT2D eigenvalue weighted by Gasteiger charge is 2.13. The fraction of sp³-hybridized carbons (Fsp3) is 0.167. The molecule has 7 heteroatoms. The van der Waals surface area contributed by atoms with Gasteiger partial charge in [0, 0.05) is 6.20 Å². The van der Waals surface area contributed by atoms with Crippen molar-refractivity contribution < 1.29 is 9.53 Å². The van der Waals surface area contributed by atoms with Crippen molar-refractivity contribution in [3.8, 4) is 0 Å². The van der Waals surface area contributed by atoms with Gasteiger partial charge in [0.25, 0.3) is 0 Å². The van der Waals surface area contributed by atoms with Crippen LogP contribution in [-0.2, 0) is 4.74 Å². The first-order chi connectivity index (χ1) is 9.19. The minimum Gasteiger partial charge on any atom is -0.461 e. The lowest BCUT2D eigenvalue weighted by Crippen LogP contribution is -2.06. The maximum atomic E-state index is 11.7. The summed E-state index contributed by atoms with van der Waals surface area (Å²) in [6.07, 6.45) is 1.69. The molecule has 0 aromatic carbocycles. The van der Waals surface area contributed by atoms with Crippen LogP contribution in [0.1, 0.15) is 17.4 Å². The first-order valence-electron chi connectivity index (χ1n) is 5.68. The molecular formula is C12H9ClN4O2. The number of carbonyl (C=O) groups excluding carboxylic acids is 1. The number of ether oxygens (including phenoxy) is 1. The predicted molar refractivity (Wildman–Crippen MR) is 69.3 cm³/mol. The van der Waals surface area contributed by atoms with E-state index in [9.17, 15) is 4.79 Å². The largest absolute Gasteiger partial charge is 0.461 e. The predicted octanol–water partition coefficient (Wildman–Crippen LogP) is 2.11. The molecule has 3 aromatic rings. The molecule has 0 spiro atoms. The number of pyridine rings is 1. The number of halogens is 1. The molecule has 0 saturated heterocycles. The molecule has 0 radical (unpaired) electrons. The second-order valence-electron chi connectivity index (χ2n) is 3.80. The molecule has 96 valence electrons. The minimum atomic E-state index is -0.467. The molecule has 0 aliphatic heterocycles. The van der Waals surface area contributed by atoms with Gasteiger partial charge in [-0.2, -0.15) is 5.10 Å². The van der Waals surface area contributed by atoms with Crippen LogP contribution < -0.4 is 0 Å². The second-order valence-corrected chi connectivity index (χ2v) is 4.19. The maximum Gasteiger partial charge on any atom is 0.356 e. The second kappa shape index (κ2) is 4.47. The molecule has 0 unspecified atom stereocenters. The zero-order valence-electron chi connectivity index (χ0n) is 10.00. The lowest BCUT2D eigenvalue weighted by molar-refractivity contribution is 0.0520. The van der Waals surface area contributed by atoms with Gasteiger partial charge in [0.15, 0.2) is 5.65 Å². The summed E-state index contributed by atoms with van der Waals surface area (Å²) in [5.74, 6) is -0.467. The van der Waals surface area contributed by atoms with Crippen molar-refractivity contribution in [2.75, 3.05) is 6.61 Å². The maximum absolute atomic E-state index is 11.7. The van der Waals surface area contributed by atoms with Gasteiger partial charge in [0.2, 0.25) is 0 Å². The molecule has 3 rings (SSSR count). The summed E-state index contributed by atoms with van der Waals surface area (Å²) in [5, 5.41) is 4.63. The highest BCUT2D eigenvalue weighted by atomic mass is 35.5. The zero-order chi connectivity index (χ0) is 13.4.